The molecule has 0 unspecified atom stereocenters. The predicted molar refractivity (Wildman–Crippen MR) is 120 cm³/mol. The van der Waals surface area contributed by atoms with Gasteiger partial charge in [-0.25, -0.2) is 0 Å². The van der Waals surface area contributed by atoms with Crippen LogP contribution in [0.3, 0.4) is 0 Å². The van der Waals surface area contributed by atoms with Gasteiger partial charge in [-0.2, -0.15) is 5.26 Å². The van der Waals surface area contributed by atoms with Crippen molar-refractivity contribution in [1.29, 1.82) is 5.26 Å². The standard InChI is InChI=1S/C25H23N3O4/c1-17-18(2)28(20-11-7-4-8-12-20)25(21(17)15-26)27-23(30)16-32-24(31)14-13-22(29)19-9-5-3-6-10-19/h3-12H,13-14,16H2,1-2H3,(H,27,30). The third-order valence-corrected chi connectivity index (χ3v) is 5.11. The number of nitrogens with one attached hydrogen (secondary N) is 1. The molecular formula is C25H23N3O4. The molecule has 0 saturated heterocycles. The summed E-state index contributed by atoms with van der Waals surface area (Å²) in [5, 5.41) is 12.3. The Bertz CT molecular complexity index is 1180. The summed E-state index contributed by atoms with van der Waals surface area (Å²) in [5.41, 5.74) is 3.23. The molecule has 0 fully saturated rings. The summed E-state index contributed by atoms with van der Waals surface area (Å²) >= 11 is 0. The number of rotatable bonds is 8. The molecule has 32 heavy (non-hydrogen) atoms. The molecule has 0 spiro atoms. The number of aromatic nitrogens is 1. The second kappa shape index (κ2) is 10.2. The molecule has 162 valence electrons. The van der Waals surface area contributed by atoms with Crippen molar-refractivity contribution >= 4 is 23.5 Å². The second-order valence-corrected chi connectivity index (χ2v) is 7.21. The van der Waals surface area contributed by atoms with Crippen molar-refractivity contribution < 1.29 is 19.1 Å². The van der Waals surface area contributed by atoms with Crippen LogP contribution in [-0.2, 0) is 14.3 Å². The summed E-state index contributed by atoms with van der Waals surface area (Å²) in [5.74, 6) is -1.05. The van der Waals surface area contributed by atoms with Crippen LogP contribution in [0.4, 0.5) is 5.82 Å². The van der Waals surface area contributed by atoms with Crippen LogP contribution in [0.15, 0.2) is 60.7 Å². The van der Waals surface area contributed by atoms with Gasteiger partial charge < -0.3 is 10.1 Å². The molecule has 3 aromatic rings. The summed E-state index contributed by atoms with van der Waals surface area (Å²) in [6.45, 7) is 3.16. The van der Waals surface area contributed by atoms with Gasteiger partial charge in [0.25, 0.3) is 5.91 Å². The highest BCUT2D eigenvalue weighted by Crippen LogP contribution is 2.29. The Labute approximate surface area is 186 Å². The average Bonchev–Trinajstić information content (AvgIpc) is 3.05. The minimum atomic E-state index is -0.643. The molecule has 3 rings (SSSR count). The fourth-order valence-corrected chi connectivity index (χ4v) is 3.33. The van der Waals surface area contributed by atoms with Gasteiger partial charge in [-0.1, -0.05) is 48.5 Å². The maximum absolute atomic E-state index is 12.5. The molecule has 7 nitrogen and oxygen atoms in total. The van der Waals surface area contributed by atoms with Crippen LogP contribution >= 0.6 is 0 Å². The molecule has 1 heterocycles. The van der Waals surface area contributed by atoms with Gasteiger partial charge in [0.05, 0.1) is 12.0 Å². The van der Waals surface area contributed by atoms with Crippen LogP contribution in [0.1, 0.15) is 40.0 Å². The van der Waals surface area contributed by atoms with Crippen LogP contribution in [0.5, 0.6) is 0 Å². The van der Waals surface area contributed by atoms with Crippen LogP contribution < -0.4 is 5.32 Å². The first-order chi connectivity index (χ1) is 15.4. The van der Waals surface area contributed by atoms with E-state index in [2.05, 4.69) is 11.4 Å². The number of hydrogen-bond donors (Lipinski definition) is 1. The van der Waals surface area contributed by atoms with E-state index < -0.39 is 18.5 Å². The fraction of sp³-hybridized carbons (Fsp3) is 0.200. The minimum Gasteiger partial charge on any atom is -0.456 e. The molecule has 1 amide bonds. The zero-order chi connectivity index (χ0) is 23.1. The number of nitrogens with zero attached hydrogens (tertiary/aromatic N) is 2. The van der Waals surface area contributed by atoms with Crippen LogP contribution in [0.2, 0.25) is 0 Å². The van der Waals surface area contributed by atoms with Crippen LogP contribution in [0.25, 0.3) is 5.69 Å². The third-order valence-electron chi connectivity index (χ3n) is 5.11. The van der Waals surface area contributed by atoms with Gasteiger partial charge in [0, 0.05) is 23.4 Å². The maximum Gasteiger partial charge on any atom is 0.306 e. The van der Waals surface area contributed by atoms with Crippen LogP contribution in [0, 0.1) is 25.2 Å². The lowest BCUT2D eigenvalue weighted by Gasteiger charge is -2.13. The largest absolute Gasteiger partial charge is 0.456 e. The van der Waals surface area contributed by atoms with Gasteiger partial charge in [-0.3, -0.25) is 19.0 Å². The molecule has 0 aliphatic carbocycles. The number of carbonyl (C=O) groups is 3. The normalized spacial score (nSPS) is 10.3. The van der Waals surface area contributed by atoms with E-state index in [9.17, 15) is 19.6 Å². The highest BCUT2D eigenvalue weighted by Gasteiger charge is 2.21. The monoisotopic (exact) mass is 429 g/mol. The maximum atomic E-state index is 12.5. The van der Waals surface area contributed by atoms with E-state index in [-0.39, 0.29) is 18.6 Å². The topological polar surface area (TPSA) is 101 Å². The molecule has 2 aromatic carbocycles. The van der Waals surface area contributed by atoms with E-state index in [1.165, 1.54) is 0 Å². The van der Waals surface area contributed by atoms with E-state index >= 15 is 0 Å². The van der Waals surface area contributed by atoms with Crippen molar-refractivity contribution in [2.24, 2.45) is 0 Å². The Hall–Kier alpha value is -4.18. The Balaban J connectivity index is 1.63. The van der Waals surface area contributed by atoms with E-state index in [1.807, 2.05) is 44.2 Å². The number of nitriles is 1. The van der Waals surface area contributed by atoms with Crippen LogP contribution in [-0.4, -0.2) is 28.8 Å². The Morgan fingerprint density at radius 2 is 1.59 bits per heavy atom. The molecule has 1 N–H and O–H groups in total. The molecular weight excluding hydrogens is 406 g/mol. The lowest BCUT2D eigenvalue weighted by molar-refractivity contribution is -0.147. The van der Waals surface area contributed by atoms with E-state index in [0.717, 1.165) is 16.9 Å². The Kier molecular flexibility index (Phi) is 7.19. The number of para-hydroxylation sites is 1. The van der Waals surface area contributed by atoms with Gasteiger partial charge in [0.15, 0.2) is 12.4 Å². The Morgan fingerprint density at radius 3 is 2.22 bits per heavy atom. The number of amides is 1. The smallest absolute Gasteiger partial charge is 0.306 e. The van der Waals surface area contributed by atoms with Crippen molar-refractivity contribution in [3.05, 3.63) is 83.0 Å². The average molecular weight is 429 g/mol. The SMILES string of the molecule is Cc1c(C#N)c(NC(=O)COC(=O)CCC(=O)c2ccccc2)n(-c2ccccc2)c1C. The number of Topliss-reactive ketones (excluding diaryl/α,β-unsaturated/α-hetero) is 1. The van der Waals surface area contributed by atoms with Crippen molar-refractivity contribution in [2.75, 3.05) is 11.9 Å². The van der Waals surface area contributed by atoms with Gasteiger partial charge in [0.1, 0.15) is 11.9 Å². The first-order valence-electron chi connectivity index (χ1n) is 10.1. The van der Waals surface area contributed by atoms with E-state index in [1.54, 1.807) is 34.9 Å². The molecule has 0 aliphatic rings. The van der Waals surface area contributed by atoms with Crippen molar-refractivity contribution in [3.63, 3.8) is 0 Å². The van der Waals surface area contributed by atoms with Gasteiger partial charge >= 0.3 is 5.97 Å². The molecule has 0 aliphatic heterocycles. The first kappa shape index (κ1) is 22.5. The van der Waals surface area contributed by atoms with Crippen molar-refractivity contribution in [1.82, 2.24) is 4.57 Å². The molecule has 7 heteroatoms. The minimum absolute atomic E-state index is 0.00169. The highest BCUT2D eigenvalue weighted by atomic mass is 16.5. The summed E-state index contributed by atoms with van der Waals surface area (Å²) in [7, 11) is 0. The Morgan fingerprint density at radius 1 is 0.969 bits per heavy atom. The van der Waals surface area contributed by atoms with E-state index in [0.29, 0.717) is 16.9 Å². The third kappa shape index (κ3) is 5.10. The highest BCUT2D eigenvalue weighted by molar-refractivity contribution is 5.98. The number of benzene rings is 2. The zero-order valence-electron chi connectivity index (χ0n) is 17.9. The van der Waals surface area contributed by atoms with E-state index in [4.69, 9.17) is 4.74 Å². The number of esters is 1. The van der Waals surface area contributed by atoms with Gasteiger partial charge in [-0.05, 0) is 31.5 Å². The number of anilines is 1. The second-order valence-electron chi connectivity index (χ2n) is 7.21. The molecule has 0 bridgehead atoms. The number of carbonyl (C=O) groups excluding carboxylic acids is 3. The molecule has 1 aromatic heterocycles. The zero-order valence-corrected chi connectivity index (χ0v) is 17.9. The summed E-state index contributed by atoms with van der Waals surface area (Å²) < 4.78 is 6.81. The summed E-state index contributed by atoms with van der Waals surface area (Å²) in [4.78, 5) is 36.5. The summed E-state index contributed by atoms with van der Waals surface area (Å²) in [6, 6.07) is 20.1. The fourth-order valence-electron chi connectivity index (χ4n) is 3.33. The number of ketones is 1. The lowest BCUT2D eigenvalue weighted by Crippen LogP contribution is -2.23. The van der Waals surface area contributed by atoms with Gasteiger partial charge in [0.2, 0.25) is 0 Å². The first-order valence-corrected chi connectivity index (χ1v) is 10.1. The predicted octanol–water partition coefficient (Wildman–Crippen LogP) is 4.11. The van der Waals surface area contributed by atoms with Crippen molar-refractivity contribution in [3.8, 4) is 11.8 Å². The van der Waals surface area contributed by atoms with Gasteiger partial charge in [-0.15, -0.1) is 0 Å². The molecule has 0 saturated carbocycles. The quantitative estimate of drug-likeness (QED) is 0.429. The number of ether oxygens (including phenoxy) is 1. The number of hydrogen-bond acceptors (Lipinski definition) is 5. The summed E-state index contributed by atoms with van der Waals surface area (Å²) in [6.07, 6.45) is -0.124. The molecule has 0 atom stereocenters. The molecule has 0 radical (unpaired) electrons. The van der Waals surface area contributed by atoms with Crippen molar-refractivity contribution in [2.45, 2.75) is 26.7 Å². The lowest BCUT2D eigenvalue weighted by atomic mass is 10.1.